The minimum atomic E-state index is 0. The lowest BCUT2D eigenvalue weighted by molar-refractivity contribution is 0.769. The van der Waals surface area contributed by atoms with Crippen LogP contribution in [0.15, 0.2) is 35.3 Å². The monoisotopic (exact) mass is 473 g/mol. The number of likely N-dealkylation sites (N-methyl/N-ethyl adjacent to an activating group) is 1. The van der Waals surface area contributed by atoms with Crippen molar-refractivity contribution in [1.29, 1.82) is 0 Å². The SMILES string of the molecule is CN=C(NCCc1nc(C)c(C)s1)NCCN(C)c1ccccc1.I. The number of nitrogens with one attached hydrogen (secondary N) is 2. The summed E-state index contributed by atoms with van der Waals surface area (Å²) >= 11 is 1.77. The summed E-state index contributed by atoms with van der Waals surface area (Å²) in [6.07, 6.45) is 0.921. The van der Waals surface area contributed by atoms with Gasteiger partial charge < -0.3 is 15.5 Å². The second kappa shape index (κ2) is 11.3. The van der Waals surface area contributed by atoms with Crippen molar-refractivity contribution in [2.75, 3.05) is 38.6 Å². The van der Waals surface area contributed by atoms with E-state index in [0.717, 1.165) is 37.7 Å². The summed E-state index contributed by atoms with van der Waals surface area (Å²) in [4.78, 5) is 12.4. The van der Waals surface area contributed by atoms with Gasteiger partial charge in [0.05, 0.1) is 10.7 Å². The van der Waals surface area contributed by atoms with E-state index >= 15 is 0 Å². The molecule has 0 aliphatic rings. The first kappa shape index (κ1) is 21.7. The van der Waals surface area contributed by atoms with E-state index in [0.29, 0.717) is 0 Å². The molecule has 0 unspecified atom stereocenters. The zero-order valence-corrected chi connectivity index (χ0v) is 18.5. The van der Waals surface area contributed by atoms with Crippen molar-refractivity contribution in [2.24, 2.45) is 4.99 Å². The van der Waals surface area contributed by atoms with Crippen LogP contribution in [0.3, 0.4) is 0 Å². The highest BCUT2D eigenvalue weighted by Gasteiger charge is 2.04. The van der Waals surface area contributed by atoms with Crippen molar-refractivity contribution >= 4 is 47.0 Å². The van der Waals surface area contributed by atoms with E-state index in [9.17, 15) is 0 Å². The Morgan fingerprint density at radius 3 is 2.44 bits per heavy atom. The van der Waals surface area contributed by atoms with Crippen LogP contribution in [-0.4, -0.2) is 44.7 Å². The highest BCUT2D eigenvalue weighted by atomic mass is 127. The molecule has 2 N–H and O–H groups in total. The molecule has 2 rings (SSSR count). The van der Waals surface area contributed by atoms with Crippen LogP contribution >= 0.6 is 35.3 Å². The van der Waals surface area contributed by atoms with Gasteiger partial charge in [-0.05, 0) is 26.0 Å². The van der Waals surface area contributed by atoms with Crippen LogP contribution in [0.2, 0.25) is 0 Å². The predicted molar refractivity (Wildman–Crippen MR) is 120 cm³/mol. The van der Waals surface area contributed by atoms with Gasteiger partial charge in [0.25, 0.3) is 0 Å². The fourth-order valence-corrected chi connectivity index (χ4v) is 3.24. The molecule has 0 aliphatic heterocycles. The van der Waals surface area contributed by atoms with Crippen molar-refractivity contribution in [2.45, 2.75) is 20.3 Å². The normalized spacial score (nSPS) is 11.0. The zero-order chi connectivity index (χ0) is 17.4. The van der Waals surface area contributed by atoms with Gasteiger partial charge in [-0.25, -0.2) is 4.98 Å². The molecule has 138 valence electrons. The number of nitrogens with zero attached hydrogens (tertiary/aromatic N) is 3. The summed E-state index contributed by atoms with van der Waals surface area (Å²) in [6, 6.07) is 10.4. The van der Waals surface area contributed by atoms with Crippen LogP contribution in [0.1, 0.15) is 15.6 Å². The molecule has 0 bridgehead atoms. The first-order valence-corrected chi connectivity index (χ1v) is 9.05. The molecule has 0 spiro atoms. The third kappa shape index (κ3) is 7.19. The van der Waals surface area contributed by atoms with Gasteiger partial charge in [-0.2, -0.15) is 0 Å². The number of para-hydroxylation sites is 1. The Hall–Kier alpha value is -1.35. The highest BCUT2D eigenvalue weighted by Crippen LogP contribution is 2.16. The summed E-state index contributed by atoms with van der Waals surface area (Å²) in [7, 11) is 3.90. The Labute approximate surface area is 172 Å². The first-order chi connectivity index (χ1) is 11.6. The number of benzene rings is 1. The molecule has 2 aromatic rings. The van der Waals surface area contributed by atoms with Crippen molar-refractivity contribution in [3.05, 3.63) is 45.9 Å². The molecule has 5 nitrogen and oxygen atoms in total. The molecular weight excluding hydrogens is 445 g/mol. The van der Waals surface area contributed by atoms with E-state index < -0.39 is 0 Å². The van der Waals surface area contributed by atoms with Crippen LogP contribution in [0.25, 0.3) is 0 Å². The van der Waals surface area contributed by atoms with Gasteiger partial charge in [-0.15, -0.1) is 35.3 Å². The molecule has 25 heavy (non-hydrogen) atoms. The first-order valence-electron chi connectivity index (χ1n) is 8.23. The summed E-state index contributed by atoms with van der Waals surface area (Å²) in [5, 5.41) is 7.88. The molecule has 1 heterocycles. The van der Waals surface area contributed by atoms with Crippen molar-refractivity contribution in [3.8, 4) is 0 Å². The predicted octanol–water partition coefficient (Wildman–Crippen LogP) is 3.22. The van der Waals surface area contributed by atoms with Crippen molar-refractivity contribution in [1.82, 2.24) is 15.6 Å². The number of guanidine groups is 1. The van der Waals surface area contributed by atoms with E-state index in [4.69, 9.17) is 0 Å². The van der Waals surface area contributed by atoms with E-state index in [1.54, 1.807) is 18.4 Å². The van der Waals surface area contributed by atoms with Crippen LogP contribution in [0.5, 0.6) is 0 Å². The minimum Gasteiger partial charge on any atom is -0.373 e. The van der Waals surface area contributed by atoms with Crippen LogP contribution < -0.4 is 15.5 Å². The average Bonchev–Trinajstić information content (AvgIpc) is 2.92. The fraction of sp³-hybridized carbons (Fsp3) is 0.444. The summed E-state index contributed by atoms with van der Waals surface area (Å²) in [5.41, 5.74) is 2.36. The van der Waals surface area contributed by atoms with Crippen LogP contribution in [0, 0.1) is 13.8 Å². The number of anilines is 1. The third-order valence-corrected chi connectivity index (χ3v) is 5.00. The molecule has 0 saturated carbocycles. The zero-order valence-electron chi connectivity index (χ0n) is 15.4. The number of hydrogen-bond donors (Lipinski definition) is 2. The van der Waals surface area contributed by atoms with Gasteiger partial charge in [-0.1, -0.05) is 18.2 Å². The molecule has 0 atom stereocenters. The second-order valence-corrected chi connectivity index (χ2v) is 6.97. The van der Waals surface area contributed by atoms with Crippen LogP contribution in [-0.2, 0) is 6.42 Å². The molecule has 1 aromatic carbocycles. The van der Waals surface area contributed by atoms with Gasteiger partial charge >= 0.3 is 0 Å². The van der Waals surface area contributed by atoms with Gasteiger partial charge in [0.15, 0.2) is 5.96 Å². The smallest absolute Gasteiger partial charge is 0.191 e. The Morgan fingerprint density at radius 1 is 1.16 bits per heavy atom. The summed E-state index contributed by atoms with van der Waals surface area (Å²) in [5.74, 6) is 0.835. The molecular formula is C18H28IN5S. The Kier molecular flexibility index (Phi) is 9.81. The molecule has 0 aliphatic carbocycles. The van der Waals surface area contributed by atoms with Crippen LogP contribution in [0.4, 0.5) is 5.69 Å². The molecule has 0 amide bonds. The number of aliphatic imine (C=N–C) groups is 1. The lowest BCUT2D eigenvalue weighted by atomic mass is 10.3. The largest absolute Gasteiger partial charge is 0.373 e. The molecule has 0 saturated heterocycles. The number of aromatic nitrogens is 1. The Balaban J connectivity index is 0.00000312. The number of aryl methyl sites for hydroxylation is 2. The third-order valence-electron chi connectivity index (χ3n) is 3.86. The standard InChI is InChI=1S/C18H27N5S.HI/c1-14-15(2)24-17(22-14)10-11-20-18(19-3)21-12-13-23(4)16-8-6-5-7-9-16;/h5-9H,10-13H2,1-4H3,(H2,19,20,21);1H. The highest BCUT2D eigenvalue weighted by molar-refractivity contribution is 14.0. The molecule has 0 radical (unpaired) electrons. The molecule has 1 aromatic heterocycles. The maximum Gasteiger partial charge on any atom is 0.191 e. The lowest BCUT2D eigenvalue weighted by Crippen LogP contribution is -2.41. The minimum absolute atomic E-state index is 0. The second-order valence-electron chi connectivity index (χ2n) is 5.68. The number of thiazole rings is 1. The molecule has 7 heteroatoms. The maximum atomic E-state index is 4.56. The van der Waals surface area contributed by atoms with Crippen molar-refractivity contribution < 1.29 is 0 Å². The topological polar surface area (TPSA) is 52.6 Å². The quantitative estimate of drug-likeness (QED) is 0.369. The number of halogens is 1. The lowest BCUT2D eigenvalue weighted by Gasteiger charge is -2.20. The van der Waals surface area contributed by atoms with E-state index in [1.165, 1.54) is 15.6 Å². The number of hydrogen-bond acceptors (Lipinski definition) is 4. The van der Waals surface area contributed by atoms with Gasteiger partial charge in [0.2, 0.25) is 0 Å². The van der Waals surface area contributed by atoms with E-state index in [1.807, 2.05) is 6.07 Å². The molecule has 0 fully saturated rings. The van der Waals surface area contributed by atoms with E-state index in [2.05, 4.69) is 70.7 Å². The fourth-order valence-electron chi connectivity index (χ4n) is 2.31. The Morgan fingerprint density at radius 2 is 1.84 bits per heavy atom. The van der Waals surface area contributed by atoms with Gasteiger partial charge in [0, 0.05) is 50.7 Å². The summed E-state index contributed by atoms with van der Waals surface area (Å²) in [6.45, 7) is 6.76. The van der Waals surface area contributed by atoms with Crippen molar-refractivity contribution in [3.63, 3.8) is 0 Å². The van der Waals surface area contributed by atoms with E-state index in [-0.39, 0.29) is 24.0 Å². The van der Waals surface area contributed by atoms with Gasteiger partial charge in [-0.3, -0.25) is 4.99 Å². The maximum absolute atomic E-state index is 4.56. The number of rotatable bonds is 7. The summed E-state index contributed by atoms with van der Waals surface area (Å²) < 4.78 is 0. The average molecular weight is 473 g/mol. The Bertz CT molecular complexity index is 637. The van der Waals surface area contributed by atoms with Gasteiger partial charge in [0.1, 0.15) is 0 Å².